The van der Waals surface area contributed by atoms with Gasteiger partial charge in [0.05, 0.1) is 6.42 Å². The topological polar surface area (TPSA) is 133 Å². The lowest BCUT2D eigenvalue weighted by atomic mass is 10.0. The highest BCUT2D eigenvalue weighted by atomic mass is 16.4. The SMILES string of the molecule is O=C(O)Cc1ccccc1NC(=O)c1ccc2c(c1)C(=O)N(C1CCC(=O)NC1=O)C2. The van der Waals surface area contributed by atoms with E-state index >= 15 is 0 Å². The standard InChI is InChI=1S/C22H19N3O6/c26-18-8-7-17(21(30)24-18)25-11-14-6-5-13(9-15(14)22(25)31)20(29)23-16-4-2-1-3-12(16)10-19(27)28/h1-6,9,17H,7-8,10-11H2,(H,23,29)(H,27,28)(H,24,26,30). The minimum Gasteiger partial charge on any atom is -0.481 e. The molecule has 2 aromatic carbocycles. The predicted molar refractivity (Wildman–Crippen MR) is 108 cm³/mol. The van der Waals surface area contributed by atoms with Crippen molar-refractivity contribution < 1.29 is 29.1 Å². The second kappa shape index (κ2) is 8.02. The van der Waals surface area contributed by atoms with Crippen molar-refractivity contribution >= 4 is 35.3 Å². The van der Waals surface area contributed by atoms with Crippen LogP contribution in [0.25, 0.3) is 0 Å². The van der Waals surface area contributed by atoms with Crippen LogP contribution in [0.3, 0.4) is 0 Å². The molecule has 2 aliphatic rings. The smallest absolute Gasteiger partial charge is 0.307 e. The first-order chi connectivity index (χ1) is 14.8. The van der Waals surface area contributed by atoms with Crippen LogP contribution in [0.15, 0.2) is 42.5 Å². The molecule has 3 N–H and O–H groups in total. The molecule has 0 saturated carbocycles. The number of carboxylic acids is 1. The molecule has 1 saturated heterocycles. The van der Waals surface area contributed by atoms with Gasteiger partial charge in [0.25, 0.3) is 11.8 Å². The summed E-state index contributed by atoms with van der Waals surface area (Å²) in [6, 6.07) is 10.6. The highest BCUT2D eigenvalue weighted by molar-refractivity contribution is 6.09. The van der Waals surface area contributed by atoms with E-state index in [1.165, 1.54) is 11.0 Å². The van der Waals surface area contributed by atoms with Gasteiger partial charge in [-0.05, 0) is 35.7 Å². The number of benzene rings is 2. The monoisotopic (exact) mass is 421 g/mol. The summed E-state index contributed by atoms with van der Waals surface area (Å²) in [4.78, 5) is 61.6. The zero-order chi connectivity index (χ0) is 22.1. The summed E-state index contributed by atoms with van der Waals surface area (Å²) in [6.45, 7) is 0.226. The number of nitrogens with zero attached hydrogens (tertiary/aromatic N) is 1. The maximum Gasteiger partial charge on any atom is 0.307 e. The Kier molecular flexibility index (Phi) is 5.24. The number of carboxylic acid groups (broad SMARTS) is 1. The molecular weight excluding hydrogens is 402 g/mol. The highest BCUT2D eigenvalue weighted by Crippen LogP contribution is 2.28. The summed E-state index contributed by atoms with van der Waals surface area (Å²) in [5, 5.41) is 14.0. The van der Waals surface area contributed by atoms with Gasteiger partial charge in [0.1, 0.15) is 6.04 Å². The molecule has 0 spiro atoms. The van der Waals surface area contributed by atoms with E-state index in [2.05, 4.69) is 10.6 Å². The zero-order valence-electron chi connectivity index (χ0n) is 16.4. The molecule has 0 aromatic heterocycles. The summed E-state index contributed by atoms with van der Waals surface area (Å²) >= 11 is 0. The van der Waals surface area contributed by atoms with Crippen LogP contribution in [0.2, 0.25) is 0 Å². The molecule has 1 atom stereocenters. The van der Waals surface area contributed by atoms with Crippen LogP contribution < -0.4 is 10.6 Å². The van der Waals surface area contributed by atoms with Crippen molar-refractivity contribution in [3.05, 3.63) is 64.7 Å². The predicted octanol–water partition coefficient (Wildman–Crippen LogP) is 1.33. The van der Waals surface area contributed by atoms with E-state index in [1.807, 2.05) is 0 Å². The quantitative estimate of drug-likeness (QED) is 0.624. The van der Waals surface area contributed by atoms with Gasteiger partial charge in [-0.1, -0.05) is 24.3 Å². The zero-order valence-corrected chi connectivity index (χ0v) is 16.4. The van der Waals surface area contributed by atoms with Gasteiger partial charge in [-0.25, -0.2) is 0 Å². The minimum absolute atomic E-state index is 0.167. The van der Waals surface area contributed by atoms with E-state index in [9.17, 15) is 24.0 Å². The molecule has 4 rings (SSSR count). The maximum atomic E-state index is 12.9. The fraction of sp³-hybridized carbons (Fsp3) is 0.227. The second-order valence-corrected chi connectivity index (χ2v) is 7.45. The lowest BCUT2D eigenvalue weighted by Gasteiger charge is -2.29. The molecule has 1 fully saturated rings. The van der Waals surface area contributed by atoms with Gasteiger partial charge < -0.3 is 15.3 Å². The largest absolute Gasteiger partial charge is 0.481 e. The molecule has 2 heterocycles. The number of hydrogen-bond donors (Lipinski definition) is 3. The van der Waals surface area contributed by atoms with Crippen LogP contribution in [0, 0.1) is 0 Å². The molecule has 2 aromatic rings. The molecule has 4 amide bonds. The van der Waals surface area contributed by atoms with Gasteiger partial charge in [0.15, 0.2) is 0 Å². The summed E-state index contributed by atoms with van der Waals surface area (Å²) in [6.07, 6.45) is 0.193. The number of imide groups is 1. The first-order valence-electron chi connectivity index (χ1n) is 9.72. The normalized spacial score (nSPS) is 17.9. The summed E-state index contributed by atoms with van der Waals surface area (Å²) < 4.78 is 0. The highest BCUT2D eigenvalue weighted by Gasteiger charge is 2.39. The Morgan fingerprint density at radius 2 is 1.90 bits per heavy atom. The third-order valence-electron chi connectivity index (χ3n) is 5.40. The number of nitrogens with one attached hydrogen (secondary N) is 2. The minimum atomic E-state index is -1.02. The number of fused-ring (bicyclic) bond motifs is 1. The van der Waals surface area contributed by atoms with Gasteiger partial charge in [-0.2, -0.15) is 0 Å². The number of anilines is 1. The van der Waals surface area contributed by atoms with Gasteiger partial charge in [-0.3, -0.25) is 29.3 Å². The third-order valence-corrected chi connectivity index (χ3v) is 5.40. The number of rotatable bonds is 5. The first kappa shape index (κ1) is 20.3. The van der Waals surface area contributed by atoms with Gasteiger partial charge >= 0.3 is 5.97 Å². The van der Waals surface area contributed by atoms with E-state index in [0.29, 0.717) is 22.4 Å². The van der Waals surface area contributed by atoms with Crippen LogP contribution in [0.5, 0.6) is 0 Å². The van der Waals surface area contributed by atoms with E-state index in [1.54, 1.807) is 36.4 Å². The number of piperidine rings is 1. The number of para-hydroxylation sites is 1. The number of aliphatic carboxylic acids is 1. The summed E-state index contributed by atoms with van der Waals surface area (Å²) in [5.74, 6) is -2.71. The molecule has 0 bridgehead atoms. The Morgan fingerprint density at radius 3 is 2.65 bits per heavy atom. The van der Waals surface area contributed by atoms with E-state index < -0.39 is 23.8 Å². The number of carbonyl (C=O) groups excluding carboxylic acids is 4. The molecule has 1 unspecified atom stereocenters. The second-order valence-electron chi connectivity index (χ2n) is 7.45. The molecular formula is C22H19N3O6. The average Bonchev–Trinajstić information content (AvgIpc) is 3.05. The molecule has 9 heteroatoms. The van der Waals surface area contributed by atoms with Crippen molar-refractivity contribution in [3.63, 3.8) is 0 Å². The van der Waals surface area contributed by atoms with Gasteiger partial charge in [-0.15, -0.1) is 0 Å². The lowest BCUT2D eigenvalue weighted by molar-refractivity contribution is -0.137. The number of hydrogen-bond acceptors (Lipinski definition) is 5. The Balaban J connectivity index is 1.53. The maximum absolute atomic E-state index is 12.9. The fourth-order valence-electron chi connectivity index (χ4n) is 3.85. The van der Waals surface area contributed by atoms with Crippen LogP contribution in [-0.2, 0) is 27.3 Å². The number of carbonyl (C=O) groups is 5. The van der Waals surface area contributed by atoms with E-state index in [0.717, 1.165) is 0 Å². The Hall–Kier alpha value is -4.01. The average molecular weight is 421 g/mol. The Morgan fingerprint density at radius 1 is 1.13 bits per heavy atom. The van der Waals surface area contributed by atoms with Crippen molar-refractivity contribution in [1.29, 1.82) is 0 Å². The molecule has 9 nitrogen and oxygen atoms in total. The van der Waals surface area contributed by atoms with Crippen LogP contribution >= 0.6 is 0 Å². The summed E-state index contributed by atoms with van der Waals surface area (Å²) in [7, 11) is 0. The van der Waals surface area contributed by atoms with Gasteiger partial charge in [0, 0.05) is 29.8 Å². The molecule has 31 heavy (non-hydrogen) atoms. The van der Waals surface area contributed by atoms with Crippen molar-refractivity contribution in [3.8, 4) is 0 Å². The Bertz CT molecular complexity index is 1130. The molecule has 0 aliphatic carbocycles. The molecule has 2 aliphatic heterocycles. The first-order valence-corrected chi connectivity index (χ1v) is 9.72. The van der Waals surface area contributed by atoms with Crippen molar-refractivity contribution in [2.45, 2.75) is 31.8 Å². The van der Waals surface area contributed by atoms with Crippen molar-refractivity contribution in [2.24, 2.45) is 0 Å². The lowest BCUT2D eigenvalue weighted by Crippen LogP contribution is -2.52. The van der Waals surface area contributed by atoms with Crippen molar-refractivity contribution in [2.75, 3.05) is 5.32 Å². The third kappa shape index (κ3) is 4.02. The summed E-state index contributed by atoms with van der Waals surface area (Å²) in [5.41, 5.74) is 2.10. The fourth-order valence-corrected chi connectivity index (χ4v) is 3.85. The molecule has 158 valence electrons. The van der Waals surface area contributed by atoms with Gasteiger partial charge in [0.2, 0.25) is 11.8 Å². The number of amides is 4. The van der Waals surface area contributed by atoms with Crippen LogP contribution in [-0.4, -0.2) is 45.6 Å². The Labute approximate surface area is 177 Å². The van der Waals surface area contributed by atoms with Crippen LogP contribution in [0.1, 0.15) is 44.7 Å². The van der Waals surface area contributed by atoms with E-state index in [4.69, 9.17) is 5.11 Å². The molecule has 0 radical (unpaired) electrons. The van der Waals surface area contributed by atoms with Crippen molar-refractivity contribution in [1.82, 2.24) is 10.2 Å². The van der Waals surface area contributed by atoms with Crippen LogP contribution in [0.4, 0.5) is 5.69 Å². The van der Waals surface area contributed by atoms with E-state index in [-0.39, 0.29) is 43.2 Å².